The summed E-state index contributed by atoms with van der Waals surface area (Å²) in [5.41, 5.74) is 0. The number of carbonyl (C=O) groups is 4. The lowest BCUT2D eigenvalue weighted by Gasteiger charge is -2.21. The molecule has 0 saturated carbocycles. The van der Waals surface area contributed by atoms with Crippen molar-refractivity contribution < 1.29 is 80.2 Å². The van der Waals surface area contributed by atoms with Crippen LogP contribution in [-0.4, -0.2) is 96.7 Å². The number of hydrogen-bond acceptors (Lipinski definition) is 15. The van der Waals surface area contributed by atoms with Crippen molar-refractivity contribution in [2.24, 2.45) is 17.8 Å². The van der Waals surface area contributed by atoms with Crippen molar-refractivity contribution in [3.05, 3.63) is 0 Å². The summed E-state index contributed by atoms with van der Waals surface area (Å²) in [6.45, 7) is 12.1. The van der Waals surface area contributed by atoms with Crippen molar-refractivity contribution in [3.63, 3.8) is 0 Å². The summed E-state index contributed by atoms with van der Waals surface area (Å²) < 4.78 is 68.8. The van der Waals surface area contributed by atoms with E-state index in [0.29, 0.717) is 25.7 Å². The number of aliphatic hydroxyl groups is 1. The summed E-state index contributed by atoms with van der Waals surface area (Å²) in [6.07, 6.45) is 60.8. The van der Waals surface area contributed by atoms with Crippen LogP contribution in [0.1, 0.15) is 427 Å². The molecule has 3 N–H and O–H groups in total. The topological polar surface area (TPSA) is 237 Å². The third-order valence-corrected chi connectivity index (χ3v) is 21.8. The highest BCUT2D eigenvalue weighted by Crippen LogP contribution is 2.45. The SMILES string of the molecule is CCCCCCCCCCCCC(=O)OC[C@H](COP(=O)(O)OC[C@H](O)COP(=O)(O)OC[C@@H](COC(=O)CCCCCCCCCCCCCCCCC(C)CC)OC(=O)CCCCCCCCCCCCCCCCC(C)CC)OC(=O)CCCCCCCCCCCCCCC(C)C. The number of hydrogen-bond donors (Lipinski definition) is 3. The monoisotopic (exact) mass is 1480 g/mol. The molecule has 0 aliphatic heterocycles. The summed E-state index contributed by atoms with van der Waals surface area (Å²) in [4.78, 5) is 73.1. The van der Waals surface area contributed by atoms with Crippen molar-refractivity contribution in [1.82, 2.24) is 0 Å². The van der Waals surface area contributed by atoms with E-state index in [-0.39, 0.29) is 25.7 Å². The van der Waals surface area contributed by atoms with Crippen molar-refractivity contribution in [1.29, 1.82) is 0 Å². The molecule has 0 fully saturated rings. The molecule has 0 heterocycles. The van der Waals surface area contributed by atoms with Crippen LogP contribution < -0.4 is 0 Å². The van der Waals surface area contributed by atoms with Crippen LogP contribution in [-0.2, 0) is 65.4 Å². The molecule has 0 radical (unpaired) electrons. The maximum atomic E-state index is 13.1. The zero-order valence-electron chi connectivity index (χ0n) is 66.4. The van der Waals surface area contributed by atoms with Gasteiger partial charge in [0, 0.05) is 25.7 Å². The summed E-state index contributed by atoms with van der Waals surface area (Å²) in [5.74, 6) is 0.364. The molecule has 0 rings (SSSR count). The van der Waals surface area contributed by atoms with Gasteiger partial charge in [-0.3, -0.25) is 37.3 Å². The van der Waals surface area contributed by atoms with Crippen molar-refractivity contribution >= 4 is 39.5 Å². The second-order valence-corrected chi connectivity index (χ2v) is 33.4. The zero-order valence-corrected chi connectivity index (χ0v) is 68.2. The van der Waals surface area contributed by atoms with E-state index in [0.717, 1.165) is 108 Å². The van der Waals surface area contributed by atoms with Gasteiger partial charge in [0.1, 0.15) is 19.3 Å². The summed E-state index contributed by atoms with van der Waals surface area (Å²) >= 11 is 0. The fourth-order valence-corrected chi connectivity index (χ4v) is 14.2. The number of ether oxygens (including phenoxy) is 4. The first-order valence-electron chi connectivity index (χ1n) is 42.4. The molecule has 0 bridgehead atoms. The highest BCUT2D eigenvalue weighted by atomic mass is 31.2. The van der Waals surface area contributed by atoms with Crippen LogP contribution in [0.4, 0.5) is 0 Å². The Morgan fingerprint density at radius 3 is 0.752 bits per heavy atom. The Hall–Kier alpha value is -1.94. The molecule has 0 amide bonds. The van der Waals surface area contributed by atoms with Crippen LogP contribution in [0.3, 0.4) is 0 Å². The molecule has 0 aliphatic carbocycles. The minimum absolute atomic E-state index is 0.107. The molecule has 0 aromatic rings. The van der Waals surface area contributed by atoms with E-state index in [2.05, 4.69) is 48.5 Å². The average Bonchev–Trinajstić information content (AvgIpc) is 1.00. The predicted octanol–water partition coefficient (Wildman–Crippen LogP) is 24.5. The average molecular weight is 1480 g/mol. The van der Waals surface area contributed by atoms with Crippen molar-refractivity contribution in [3.8, 4) is 0 Å². The standard InChI is InChI=1S/C82H160O17P2/c1-8-11-12-13-14-15-35-42-49-56-63-79(84)92-69-77(98-82(87)66-59-52-45-38-31-25-24-26-32-39-46-53-60-73(4)5)71-96-100(88,89)94-67-76(83)68-95-101(90,91)97-72-78(99-81(86)65-58-51-44-37-30-23-19-17-21-28-34-41-48-55-62-75(7)10-3)70-93-80(85)64-57-50-43-36-29-22-18-16-20-27-33-40-47-54-61-74(6)9-2/h73-78,83H,8-72H2,1-7H3,(H,88,89)(H,90,91)/t74?,75?,76-,77+,78+/m0/s1. The number of phosphoric ester groups is 2. The number of aliphatic hydroxyl groups excluding tert-OH is 1. The van der Waals surface area contributed by atoms with Crippen LogP contribution in [0.2, 0.25) is 0 Å². The van der Waals surface area contributed by atoms with E-state index in [1.54, 1.807) is 0 Å². The van der Waals surface area contributed by atoms with Gasteiger partial charge in [0.15, 0.2) is 12.2 Å². The third kappa shape index (κ3) is 73.4. The second-order valence-electron chi connectivity index (χ2n) is 30.5. The van der Waals surface area contributed by atoms with Gasteiger partial charge in [-0.15, -0.1) is 0 Å². The molecule has 0 aromatic heterocycles. The molecule has 0 aliphatic rings. The van der Waals surface area contributed by atoms with E-state index in [9.17, 15) is 43.2 Å². The Morgan fingerprint density at radius 1 is 0.287 bits per heavy atom. The molecular formula is C82H160O17P2. The van der Waals surface area contributed by atoms with Crippen LogP contribution in [0.15, 0.2) is 0 Å². The number of rotatable bonds is 80. The molecule has 17 nitrogen and oxygen atoms in total. The quantitative estimate of drug-likeness (QED) is 0.0222. The molecule has 101 heavy (non-hydrogen) atoms. The van der Waals surface area contributed by atoms with E-state index in [1.807, 2.05) is 0 Å². The van der Waals surface area contributed by atoms with Gasteiger partial charge in [0.25, 0.3) is 0 Å². The first-order valence-corrected chi connectivity index (χ1v) is 45.4. The lowest BCUT2D eigenvalue weighted by molar-refractivity contribution is -0.161. The van der Waals surface area contributed by atoms with Gasteiger partial charge >= 0.3 is 39.5 Å². The highest BCUT2D eigenvalue weighted by Gasteiger charge is 2.30. The minimum Gasteiger partial charge on any atom is -0.462 e. The lowest BCUT2D eigenvalue weighted by atomic mass is 9.99. The van der Waals surface area contributed by atoms with Gasteiger partial charge in [-0.2, -0.15) is 0 Å². The normalized spacial score (nSPS) is 14.5. The predicted molar refractivity (Wildman–Crippen MR) is 414 cm³/mol. The number of phosphoric acid groups is 2. The molecule has 0 spiro atoms. The van der Waals surface area contributed by atoms with E-state index < -0.39 is 97.5 Å². The van der Waals surface area contributed by atoms with Crippen molar-refractivity contribution in [2.75, 3.05) is 39.6 Å². The first-order chi connectivity index (χ1) is 48.8. The maximum Gasteiger partial charge on any atom is 0.472 e. The van der Waals surface area contributed by atoms with Gasteiger partial charge in [-0.05, 0) is 43.4 Å². The Balaban J connectivity index is 5.25. The Morgan fingerprint density at radius 2 is 0.505 bits per heavy atom. The Bertz CT molecular complexity index is 1960. The molecule has 0 aromatic carbocycles. The minimum atomic E-state index is -4.96. The van der Waals surface area contributed by atoms with Crippen LogP contribution in [0, 0.1) is 17.8 Å². The smallest absolute Gasteiger partial charge is 0.462 e. The van der Waals surface area contributed by atoms with Gasteiger partial charge in [0.05, 0.1) is 26.4 Å². The van der Waals surface area contributed by atoms with Gasteiger partial charge in [0.2, 0.25) is 0 Å². The van der Waals surface area contributed by atoms with E-state index >= 15 is 0 Å². The number of unbranched alkanes of at least 4 members (excludes halogenated alkanes) is 46. The van der Waals surface area contributed by atoms with Crippen molar-refractivity contribution in [2.45, 2.75) is 446 Å². The first kappa shape index (κ1) is 99.1. The molecular weight excluding hydrogens is 1320 g/mol. The molecule has 4 unspecified atom stereocenters. The summed E-state index contributed by atoms with van der Waals surface area (Å²) in [7, 11) is -9.92. The Labute approximate surface area is 619 Å². The molecule has 19 heteroatoms. The Kier molecular flexibility index (Phi) is 70.9. The fourth-order valence-electron chi connectivity index (χ4n) is 12.6. The molecule has 0 saturated heterocycles. The fraction of sp³-hybridized carbons (Fsp3) is 0.951. The summed E-state index contributed by atoms with van der Waals surface area (Å²) in [5, 5.41) is 10.6. The highest BCUT2D eigenvalue weighted by molar-refractivity contribution is 7.47. The summed E-state index contributed by atoms with van der Waals surface area (Å²) in [6, 6.07) is 0. The molecule has 7 atom stereocenters. The van der Waals surface area contributed by atoms with Crippen LogP contribution in [0.25, 0.3) is 0 Å². The van der Waals surface area contributed by atoms with Gasteiger partial charge in [-0.25, -0.2) is 9.13 Å². The van der Waals surface area contributed by atoms with E-state index in [1.165, 1.54) is 238 Å². The maximum absolute atomic E-state index is 13.1. The second kappa shape index (κ2) is 72.3. The van der Waals surface area contributed by atoms with E-state index in [4.69, 9.17) is 37.0 Å². The van der Waals surface area contributed by atoms with Gasteiger partial charge in [-0.1, -0.05) is 376 Å². The third-order valence-electron chi connectivity index (χ3n) is 19.9. The number of esters is 4. The van der Waals surface area contributed by atoms with Crippen LogP contribution in [0.5, 0.6) is 0 Å². The van der Waals surface area contributed by atoms with Gasteiger partial charge < -0.3 is 33.8 Å². The largest absolute Gasteiger partial charge is 0.472 e. The molecule has 600 valence electrons. The lowest BCUT2D eigenvalue weighted by Crippen LogP contribution is -2.30. The zero-order chi connectivity index (χ0) is 74.4. The van der Waals surface area contributed by atoms with Crippen LogP contribution >= 0.6 is 15.6 Å². The number of carbonyl (C=O) groups excluding carboxylic acids is 4.